The Hall–Kier alpha value is -2.65. The lowest BCUT2D eigenvalue weighted by Gasteiger charge is -2.07. The SMILES string of the molecule is CCOC(C)c1nc(Cn2cnc3ccc([N+](=O)[O-])cc3c2=O)cs1. The minimum Gasteiger partial charge on any atom is -0.372 e. The first-order chi connectivity index (χ1) is 12.0. The van der Waals surface area contributed by atoms with Gasteiger partial charge in [0.2, 0.25) is 0 Å². The van der Waals surface area contributed by atoms with Gasteiger partial charge in [-0.2, -0.15) is 0 Å². The number of ether oxygens (including phenoxy) is 1. The van der Waals surface area contributed by atoms with Gasteiger partial charge >= 0.3 is 0 Å². The van der Waals surface area contributed by atoms with Crippen LogP contribution in [0, 0.1) is 10.1 Å². The van der Waals surface area contributed by atoms with E-state index in [1.54, 1.807) is 0 Å². The van der Waals surface area contributed by atoms with E-state index < -0.39 is 4.92 Å². The molecule has 0 saturated heterocycles. The van der Waals surface area contributed by atoms with Gasteiger partial charge in [0.25, 0.3) is 11.2 Å². The van der Waals surface area contributed by atoms with E-state index in [-0.39, 0.29) is 29.3 Å². The fraction of sp³-hybridized carbons (Fsp3) is 0.312. The predicted molar refractivity (Wildman–Crippen MR) is 93.9 cm³/mol. The minimum absolute atomic E-state index is 0.0992. The van der Waals surface area contributed by atoms with E-state index in [1.165, 1.54) is 40.4 Å². The lowest BCUT2D eigenvalue weighted by atomic mass is 10.2. The van der Waals surface area contributed by atoms with Gasteiger partial charge in [-0.1, -0.05) is 0 Å². The number of rotatable bonds is 6. The molecule has 25 heavy (non-hydrogen) atoms. The third kappa shape index (κ3) is 3.57. The molecule has 0 N–H and O–H groups in total. The summed E-state index contributed by atoms with van der Waals surface area (Å²) >= 11 is 1.47. The minimum atomic E-state index is -0.530. The van der Waals surface area contributed by atoms with Crippen molar-refractivity contribution >= 4 is 27.9 Å². The summed E-state index contributed by atoms with van der Waals surface area (Å²) in [7, 11) is 0. The molecule has 0 aliphatic rings. The second-order valence-electron chi connectivity index (χ2n) is 5.41. The Balaban J connectivity index is 1.93. The van der Waals surface area contributed by atoms with Crippen LogP contribution in [0.2, 0.25) is 0 Å². The van der Waals surface area contributed by atoms with Gasteiger partial charge in [0, 0.05) is 24.1 Å². The number of nitrogens with zero attached hydrogens (tertiary/aromatic N) is 4. The lowest BCUT2D eigenvalue weighted by Crippen LogP contribution is -2.21. The summed E-state index contributed by atoms with van der Waals surface area (Å²) in [5, 5.41) is 13.8. The van der Waals surface area contributed by atoms with Crippen molar-refractivity contribution in [1.82, 2.24) is 14.5 Å². The molecule has 0 amide bonds. The quantitative estimate of drug-likeness (QED) is 0.495. The van der Waals surface area contributed by atoms with Crippen LogP contribution in [0.15, 0.2) is 34.7 Å². The highest BCUT2D eigenvalue weighted by atomic mass is 32.1. The van der Waals surface area contributed by atoms with E-state index in [2.05, 4.69) is 9.97 Å². The average molecular weight is 360 g/mol. The molecule has 0 aliphatic heterocycles. The molecule has 0 aliphatic carbocycles. The van der Waals surface area contributed by atoms with Crippen molar-refractivity contribution in [3.63, 3.8) is 0 Å². The fourth-order valence-corrected chi connectivity index (χ4v) is 3.26. The summed E-state index contributed by atoms with van der Waals surface area (Å²) in [6.07, 6.45) is 1.33. The molecule has 8 nitrogen and oxygen atoms in total. The molecular weight excluding hydrogens is 344 g/mol. The Morgan fingerprint density at radius 3 is 2.96 bits per heavy atom. The molecule has 130 valence electrons. The van der Waals surface area contributed by atoms with Crippen molar-refractivity contribution < 1.29 is 9.66 Å². The zero-order valence-corrected chi connectivity index (χ0v) is 14.5. The van der Waals surface area contributed by atoms with Crippen LogP contribution in [-0.2, 0) is 11.3 Å². The summed E-state index contributed by atoms with van der Waals surface area (Å²) < 4.78 is 6.91. The van der Waals surface area contributed by atoms with Gasteiger partial charge in [-0.3, -0.25) is 19.5 Å². The predicted octanol–water partition coefficient (Wildman–Crippen LogP) is 2.91. The maximum absolute atomic E-state index is 12.6. The topological polar surface area (TPSA) is 100 Å². The maximum atomic E-state index is 12.6. The van der Waals surface area contributed by atoms with Crippen molar-refractivity contribution in [3.05, 3.63) is 61.1 Å². The Kier molecular flexibility index (Phi) is 4.86. The number of nitro groups is 1. The van der Waals surface area contributed by atoms with Gasteiger partial charge in [0.15, 0.2) is 0 Å². The van der Waals surface area contributed by atoms with Gasteiger partial charge in [0.1, 0.15) is 11.1 Å². The van der Waals surface area contributed by atoms with E-state index in [0.717, 1.165) is 10.7 Å². The smallest absolute Gasteiger partial charge is 0.270 e. The normalized spacial score (nSPS) is 12.4. The van der Waals surface area contributed by atoms with Crippen molar-refractivity contribution in [1.29, 1.82) is 0 Å². The van der Waals surface area contributed by atoms with Gasteiger partial charge in [-0.05, 0) is 19.9 Å². The molecule has 0 saturated carbocycles. The van der Waals surface area contributed by atoms with Crippen molar-refractivity contribution in [2.75, 3.05) is 6.61 Å². The zero-order chi connectivity index (χ0) is 18.0. The van der Waals surface area contributed by atoms with Crippen molar-refractivity contribution in [2.45, 2.75) is 26.5 Å². The van der Waals surface area contributed by atoms with Crippen LogP contribution in [0.5, 0.6) is 0 Å². The number of benzene rings is 1. The molecule has 3 rings (SSSR count). The van der Waals surface area contributed by atoms with E-state index >= 15 is 0 Å². The number of fused-ring (bicyclic) bond motifs is 1. The molecule has 2 heterocycles. The summed E-state index contributed by atoms with van der Waals surface area (Å²) in [5.41, 5.74) is 0.683. The summed E-state index contributed by atoms with van der Waals surface area (Å²) in [4.78, 5) is 31.7. The third-order valence-electron chi connectivity index (χ3n) is 3.68. The summed E-state index contributed by atoms with van der Waals surface area (Å²) in [6, 6.07) is 4.07. The zero-order valence-electron chi connectivity index (χ0n) is 13.7. The number of nitro benzene ring substituents is 1. The highest BCUT2D eigenvalue weighted by Gasteiger charge is 2.13. The van der Waals surface area contributed by atoms with Crippen LogP contribution < -0.4 is 5.56 Å². The second kappa shape index (κ2) is 7.08. The van der Waals surface area contributed by atoms with Crippen LogP contribution in [0.4, 0.5) is 5.69 Å². The average Bonchev–Trinajstić information content (AvgIpc) is 3.06. The molecule has 2 aromatic heterocycles. The largest absolute Gasteiger partial charge is 0.372 e. The summed E-state index contributed by atoms with van der Waals surface area (Å²) in [5.74, 6) is 0. The maximum Gasteiger partial charge on any atom is 0.270 e. The molecule has 1 aromatic carbocycles. The van der Waals surface area contributed by atoms with E-state index in [1.807, 2.05) is 19.2 Å². The first-order valence-electron chi connectivity index (χ1n) is 7.69. The van der Waals surface area contributed by atoms with Crippen LogP contribution in [0.25, 0.3) is 10.9 Å². The van der Waals surface area contributed by atoms with Crippen LogP contribution in [0.1, 0.15) is 30.7 Å². The Morgan fingerprint density at radius 2 is 2.24 bits per heavy atom. The molecule has 1 atom stereocenters. The van der Waals surface area contributed by atoms with Crippen molar-refractivity contribution in [2.24, 2.45) is 0 Å². The number of non-ortho nitro benzene ring substituents is 1. The monoisotopic (exact) mass is 360 g/mol. The highest BCUT2D eigenvalue weighted by molar-refractivity contribution is 7.09. The Morgan fingerprint density at radius 1 is 1.44 bits per heavy atom. The van der Waals surface area contributed by atoms with Gasteiger partial charge < -0.3 is 4.74 Å². The van der Waals surface area contributed by atoms with Crippen LogP contribution in [-0.4, -0.2) is 26.1 Å². The van der Waals surface area contributed by atoms with Gasteiger partial charge in [-0.25, -0.2) is 9.97 Å². The second-order valence-corrected chi connectivity index (χ2v) is 6.30. The third-order valence-corrected chi connectivity index (χ3v) is 4.74. The van der Waals surface area contributed by atoms with E-state index in [0.29, 0.717) is 12.1 Å². The molecule has 0 bridgehead atoms. The van der Waals surface area contributed by atoms with E-state index in [9.17, 15) is 14.9 Å². The molecule has 0 fully saturated rings. The fourth-order valence-electron chi connectivity index (χ4n) is 2.45. The number of thiazole rings is 1. The van der Waals surface area contributed by atoms with E-state index in [4.69, 9.17) is 4.74 Å². The van der Waals surface area contributed by atoms with Crippen LogP contribution in [0.3, 0.4) is 0 Å². The lowest BCUT2D eigenvalue weighted by molar-refractivity contribution is -0.384. The molecule has 0 spiro atoms. The Bertz CT molecular complexity index is 982. The highest BCUT2D eigenvalue weighted by Crippen LogP contribution is 2.21. The summed E-state index contributed by atoms with van der Waals surface area (Å²) in [6.45, 7) is 4.70. The standard InChI is InChI=1S/C16H16N4O4S/c1-3-24-10(2)15-18-11(8-25-15)7-19-9-17-14-5-4-12(20(22)23)6-13(14)16(19)21/h4-6,8-10H,3,7H2,1-2H3. The molecule has 1 unspecified atom stereocenters. The number of aromatic nitrogens is 3. The number of hydrogen-bond acceptors (Lipinski definition) is 7. The molecular formula is C16H16N4O4S. The molecule has 0 radical (unpaired) electrons. The first-order valence-corrected chi connectivity index (χ1v) is 8.57. The van der Waals surface area contributed by atoms with Crippen LogP contribution >= 0.6 is 11.3 Å². The van der Waals surface area contributed by atoms with Crippen molar-refractivity contribution in [3.8, 4) is 0 Å². The Labute approximate surface area is 146 Å². The first kappa shape index (κ1) is 17.2. The number of hydrogen-bond donors (Lipinski definition) is 0. The molecule has 9 heteroatoms. The molecule has 3 aromatic rings. The van der Waals surface area contributed by atoms with Gasteiger partial charge in [-0.15, -0.1) is 11.3 Å². The van der Waals surface area contributed by atoms with Gasteiger partial charge in [0.05, 0.1) is 34.4 Å².